The Kier molecular flexibility index (Phi) is 7.58. The Bertz CT molecular complexity index is 92.0. The van der Waals surface area contributed by atoms with E-state index in [0.717, 1.165) is 0 Å². The zero-order valence-corrected chi connectivity index (χ0v) is 6.88. The molecule has 0 aliphatic carbocycles. The normalized spacial score (nSPS) is 7.80. The van der Waals surface area contributed by atoms with Crippen molar-refractivity contribution in [3.05, 3.63) is 36.4 Å². The van der Waals surface area contributed by atoms with Crippen molar-refractivity contribution in [1.82, 2.24) is 0 Å². The van der Waals surface area contributed by atoms with Crippen molar-refractivity contribution in [2.24, 2.45) is 0 Å². The molecule has 56 valence electrons. The summed E-state index contributed by atoms with van der Waals surface area (Å²) in [5, 5.41) is 0. The van der Waals surface area contributed by atoms with Crippen LogP contribution in [-0.4, -0.2) is 0 Å². The summed E-state index contributed by atoms with van der Waals surface area (Å²) in [5.41, 5.74) is 0. The summed E-state index contributed by atoms with van der Waals surface area (Å²) in [6.07, 6.45) is 2.64. The Morgan fingerprint density at radius 2 is 0.800 bits per heavy atom. The highest BCUT2D eigenvalue weighted by molar-refractivity contribution is 4.99. The number of hydrogen-bond donors (Lipinski definition) is 0. The summed E-state index contributed by atoms with van der Waals surface area (Å²) in [6, 6.07) is 12.0. The van der Waals surface area contributed by atoms with Crippen molar-refractivity contribution < 1.29 is 0 Å². The molecule has 0 heteroatoms. The predicted octanol–water partition coefficient (Wildman–Crippen LogP) is 3.49. The molecule has 1 rings (SSSR count). The molecule has 0 spiro atoms. The summed E-state index contributed by atoms with van der Waals surface area (Å²) in [7, 11) is 0. The minimum Gasteiger partial charge on any atom is -0.0654 e. The van der Waals surface area contributed by atoms with Crippen molar-refractivity contribution >= 4 is 0 Å². The molecule has 0 atom stereocenters. The van der Waals surface area contributed by atoms with Crippen LogP contribution in [0.1, 0.15) is 26.7 Å². The van der Waals surface area contributed by atoms with Crippen LogP contribution in [0.25, 0.3) is 0 Å². The summed E-state index contributed by atoms with van der Waals surface area (Å²) >= 11 is 0. The van der Waals surface area contributed by atoms with Gasteiger partial charge in [0.2, 0.25) is 0 Å². The Morgan fingerprint density at radius 1 is 0.600 bits per heavy atom. The highest BCUT2D eigenvalue weighted by Crippen LogP contribution is 1.79. The molecule has 0 saturated carbocycles. The summed E-state index contributed by atoms with van der Waals surface area (Å²) in [5.74, 6) is 0. The molecule has 0 saturated heterocycles. The molecular formula is C10H16. The molecule has 0 aliphatic heterocycles. The van der Waals surface area contributed by atoms with Gasteiger partial charge in [-0.2, -0.15) is 0 Å². The lowest BCUT2D eigenvalue weighted by Crippen LogP contribution is -1.47. The van der Waals surface area contributed by atoms with E-state index in [1.165, 1.54) is 12.8 Å². The van der Waals surface area contributed by atoms with Crippen LogP contribution in [0.2, 0.25) is 0 Å². The van der Waals surface area contributed by atoms with Crippen molar-refractivity contribution in [3.63, 3.8) is 0 Å². The second-order valence-corrected chi connectivity index (χ2v) is 2.15. The zero-order chi connectivity index (χ0) is 7.66. The van der Waals surface area contributed by atoms with Gasteiger partial charge in [-0.05, 0) is 0 Å². The van der Waals surface area contributed by atoms with E-state index in [0.29, 0.717) is 0 Å². The van der Waals surface area contributed by atoms with Crippen LogP contribution in [0, 0.1) is 0 Å². The van der Waals surface area contributed by atoms with Gasteiger partial charge < -0.3 is 0 Å². The van der Waals surface area contributed by atoms with Gasteiger partial charge in [0.1, 0.15) is 0 Å². The fourth-order valence-electron chi connectivity index (χ4n) is 0.385. The molecule has 1 aromatic carbocycles. The fraction of sp³-hybridized carbons (Fsp3) is 0.400. The molecule has 10 heavy (non-hydrogen) atoms. The third-order valence-corrected chi connectivity index (χ3v) is 1.17. The standard InChI is InChI=1S/C6H6.C4H10/c1-2-4-6-5-3-1;1-3-4-2/h1-6H;3-4H2,1-2H3. The minimum atomic E-state index is 1.32. The zero-order valence-electron chi connectivity index (χ0n) is 6.88. The Balaban J connectivity index is 0.000000180. The molecule has 0 aliphatic rings. The largest absolute Gasteiger partial charge is 0.0654 e. The van der Waals surface area contributed by atoms with Gasteiger partial charge in [0.15, 0.2) is 0 Å². The Hall–Kier alpha value is -0.780. The van der Waals surface area contributed by atoms with Gasteiger partial charge in [-0.15, -0.1) is 0 Å². The smallest absolute Gasteiger partial charge is 0.0564 e. The van der Waals surface area contributed by atoms with E-state index in [2.05, 4.69) is 13.8 Å². The second-order valence-electron chi connectivity index (χ2n) is 2.15. The quantitative estimate of drug-likeness (QED) is 0.554. The first-order chi connectivity index (χ1) is 4.91. The number of benzene rings is 1. The summed E-state index contributed by atoms with van der Waals surface area (Å²) in [6.45, 7) is 4.36. The van der Waals surface area contributed by atoms with Gasteiger partial charge in [-0.3, -0.25) is 0 Å². The van der Waals surface area contributed by atoms with Crippen molar-refractivity contribution in [3.8, 4) is 0 Å². The van der Waals surface area contributed by atoms with E-state index in [1.807, 2.05) is 36.4 Å². The third kappa shape index (κ3) is 7.22. The van der Waals surface area contributed by atoms with Gasteiger partial charge in [0.05, 0.1) is 0 Å². The van der Waals surface area contributed by atoms with Gasteiger partial charge in [0.25, 0.3) is 0 Å². The molecule has 0 N–H and O–H groups in total. The van der Waals surface area contributed by atoms with Crippen molar-refractivity contribution in [2.75, 3.05) is 0 Å². The first-order valence-electron chi connectivity index (χ1n) is 3.91. The second kappa shape index (κ2) is 8.22. The molecule has 0 nitrogen and oxygen atoms in total. The molecule has 1 aromatic rings. The minimum absolute atomic E-state index is 1.32. The Morgan fingerprint density at radius 3 is 0.900 bits per heavy atom. The van der Waals surface area contributed by atoms with Crippen LogP contribution in [0.5, 0.6) is 0 Å². The molecular weight excluding hydrogens is 120 g/mol. The highest BCUT2D eigenvalue weighted by atomic mass is 13.6. The summed E-state index contributed by atoms with van der Waals surface area (Å²) < 4.78 is 0. The molecule has 0 amide bonds. The lowest BCUT2D eigenvalue weighted by Gasteiger charge is -1.69. The van der Waals surface area contributed by atoms with E-state index in [4.69, 9.17) is 0 Å². The lowest BCUT2D eigenvalue weighted by atomic mass is 10.4. The first kappa shape index (κ1) is 9.22. The summed E-state index contributed by atoms with van der Waals surface area (Å²) in [4.78, 5) is 0. The SMILES string of the molecule is CCCC.c1ccccc1. The van der Waals surface area contributed by atoms with Crippen LogP contribution >= 0.6 is 0 Å². The lowest BCUT2D eigenvalue weighted by molar-refractivity contribution is 0.886. The van der Waals surface area contributed by atoms with E-state index in [1.54, 1.807) is 0 Å². The maximum atomic E-state index is 2.18. The maximum absolute atomic E-state index is 2.18. The van der Waals surface area contributed by atoms with Crippen molar-refractivity contribution in [2.45, 2.75) is 26.7 Å². The fourth-order valence-corrected chi connectivity index (χ4v) is 0.385. The number of unbranched alkanes of at least 4 members (excludes halogenated alkanes) is 1. The average molecular weight is 136 g/mol. The number of hydrogen-bond acceptors (Lipinski definition) is 0. The molecule has 0 fully saturated rings. The van der Waals surface area contributed by atoms with Gasteiger partial charge in [-0.25, -0.2) is 0 Å². The van der Waals surface area contributed by atoms with E-state index < -0.39 is 0 Å². The molecule has 0 heterocycles. The van der Waals surface area contributed by atoms with Gasteiger partial charge >= 0.3 is 0 Å². The average Bonchev–Trinajstić information content (AvgIpc) is 2.08. The van der Waals surface area contributed by atoms with Crippen LogP contribution in [0.4, 0.5) is 0 Å². The first-order valence-corrected chi connectivity index (χ1v) is 3.91. The maximum Gasteiger partial charge on any atom is -0.0564 e. The number of rotatable bonds is 1. The van der Waals surface area contributed by atoms with Gasteiger partial charge in [-0.1, -0.05) is 63.1 Å². The van der Waals surface area contributed by atoms with E-state index in [9.17, 15) is 0 Å². The van der Waals surface area contributed by atoms with E-state index >= 15 is 0 Å². The van der Waals surface area contributed by atoms with Crippen LogP contribution in [-0.2, 0) is 0 Å². The highest BCUT2D eigenvalue weighted by Gasteiger charge is 1.58. The molecule has 0 aromatic heterocycles. The van der Waals surface area contributed by atoms with Gasteiger partial charge in [0, 0.05) is 0 Å². The monoisotopic (exact) mass is 136 g/mol. The third-order valence-electron chi connectivity index (χ3n) is 1.17. The predicted molar refractivity (Wildman–Crippen MR) is 47.0 cm³/mol. The Labute approximate surface area is 63.9 Å². The van der Waals surface area contributed by atoms with Crippen LogP contribution in [0.15, 0.2) is 36.4 Å². The van der Waals surface area contributed by atoms with Crippen LogP contribution in [0.3, 0.4) is 0 Å². The molecule has 0 unspecified atom stereocenters. The molecule has 0 bridgehead atoms. The molecule has 0 radical (unpaired) electrons. The van der Waals surface area contributed by atoms with E-state index in [-0.39, 0.29) is 0 Å². The van der Waals surface area contributed by atoms with Crippen molar-refractivity contribution in [1.29, 1.82) is 0 Å². The topological polar surface area (TPSA) is 0 Å². The van der Waals surface area contributed by atoms with Crippen LogP contribution < -0.4 is 0 Å².